The van der Waals surface area contributed by atoms with Crippen LogP contribution < -0.4 is 5.32 Å². The first kappa shape index (κ1) is 19.5. The molecule has 26 heavy (non-hydrogen) atoms. The third kappa shape index (κ3) is 3.57. The lowest BCUT2D eigenvalue weighted by molar-refractivity contribution is 0.0513. The molecule has 0 aliphatic heterocycles. The van der Waals surface area contributed by atoms with E-state index in [0.717, 1.165) is 16.8 Å². The van der Waals surface area contributed by atoms with Gasteiger partial charge in [0.05, 0.1) is 12.2 Å². The zero-order chi connectivity index (χ0) is 19.4. The topological polar surface area (TPSA) is 60.3 Å². The van der Waals surface area contributed by atoms with Gasteiger partial charge in [0.25, 0.3) is 5.91 Å². The molecule has 5 heteroatoms. The van der Waals surface area contributed by atoms with Crippen LogP contribution in [0.3, 0.4) is 0 Å². The number of amides is 1. The molecule has 1 aromatic carbocycles. The molecule has 0 unspecified atom stereocenters. The Hall–Kier alpha value is -2.82. The number of carbonyl (C=O) groups excluding carboxylic acids is 2. The van der Waals surface area contributed by atoms with E-state index in [-0.39, 0.29) is 12.5 Å². The summed E-state index contributed by atoms with van der Waals surface area (Å²) in [6, 6.07) is 5.86. The maximum absolute atomic E-state index is 13.0. The molecule has 0 bridgehead atoms. The summed E-state index contributed by atoms with van der Waals surface area (Å²) in [6.45, 7) is 13.7. The number of allylic oxidation sites excluding steroid dienone is 1. The van der Waals surface area contributed by atoms with Gasteiger partial charge in [-0.05, 0) is 51.3 Å². The molecule has 5 nitrogen and oxygen atoms in total. The Bertz CT molecular complexity index is 842. The Kier molecular flexibility index (Phi) is 6.03. The van der Waals surface area contributed by atoms with Crippen molar-refractivity contribution in [3.05, 3.63) is 64.5 Å². The number of nitrogens with one attached hydrogen (secondary N) is 1. The zero-order valence-corrected chi connectivity index (χ0v) is 16.1. The lowest BCUT2D eigenvalue weighted by Gasteiger charge is -2.12. The molecule has 1 N–H and O–H groups in total. The van der Waals surface area contributed by atoms with Gasteiger partial charge in [0.2, 0.25) is 0 Å². The number of nitrogens with zero attached hydrogens (tertiary/aromatic N) is 1. The molecule has 1 aromatic heterocycles. The van der Waals surface area contributed by atoms with E-state index < -0.39 is 5.97 Å². The van der Waals surface area contributed by atoms with Gasteiger partial charge in [-0.15, -0.1) is 6.58 Å². The lowest BCUT2D eigenvalue weighted by Crippen LogP contribution is -2.16. The van der Waals surface area contributed by atoms with E-state index in [1.807, 2.05) is 39.0 Å². The SMILES string of the molecule is C=CCn1c(C)c(C(=O)Nc2c(C)cccc2C)c(C)c1C(=O)OCC. The molecule has 0 saturated carbocycles. The minimum atomic E-state index is -0.430. The number of aryl methyl sites for hydroxylation is 2. The third-order valence-electron chi connectivity index (χ3n) is 4.49. The summed E-state index contributed by atoms with van der Waals surface area (Å²) >= 11 is 0. The van der Waals surface area contributed by atoms with Crippen LogP contribution in [0.5, 0.6) is 0 Å². The van der Waals surface area contributed by atoms with Gasteiger partial charge in [-0.2, -0.15) is 0 Å². The highest BCUT2D eigenvalue weighted by atomic mass is 16.5. The molecular formula is C21H26N2O3. The molecule has 0 spiro atoms. The van der Waals surface area contributed by atoms with Crippen molar-refractivity contribution in [2.75, 3.05) is 11.9 Å². The quantitative estimate of drug-likeness (QED) is 0.620. The number of carbonyl (C=O) groups is 2. The van der Waals surface area contributed by atoms with Crippen LogP contribution >= 0.6 is 0 Å². The second kappa shape index (κ2) is 8.04. The number of hydrogen-bond acceptors (Lipinski definition) is 3. The fraction of sp³-hybridized carbons (Fsp3) is 0.333. The van der Waals surface area contributed by atoms with E-state index in [9.17, 15) is 9.59 Å². The smallest absolute Gasteiger partial charge is 0.355 e. The number of benzene rings is 1. The lowest BCUT2D eigenvalue weighted by atomic mass is 10.1. The van der Waals surface area contributed by atoms with Crippen molar-refractivity contribution in [3.8, 4) is 0 Å². The Balaban J connectivity index is 2.52. The molecule has 2 rings (SSSR count). The Morgan fingerprint density at radius 1 is 1.19 bits per heavy atom. The first-order valence-corrected chi connectivity index (χ1v) is 8.68. The van der Waals surface area contributed by atoms with Gasteiger partial charge >= 0.3 is 5.97 Å². The summed E-state index contributed by atoms with van der Waals surface area (Å²) in [5.74, 6) is -0.660. The number of esters is 1. The summed E-state index contributed by atoms with van der Waals surface area (Å²) in [5.41, 5.74) is 5.01. The fourth-order valence-electron chi connectivity index (χ4n) is 3.24. The standard InChI is InChI=1S/C21H26N2O3/c1-7-12-23-16(6)17(15(5)19(23)21(25)26-8-2)20(24)22-18-13(3)10-9-11-14(18)4/h7,9-11H,1,8,12H2,2-6H3,(H,22,24). The molecule has 1 amide bonds. The fourth-order valence-corrected chi connectivity index (χ4v) is 3.24. The molecule has 0 atom stereocenters. The first-order chi connectivity index (χ1) is 12.3. The van der Waals surface area contributed by atoms with Crippen molar-refractivity contribution < 1.29 is 14.3 Å². The van der Waals surface area contributed by atoms with E-state index in [2.05, 4.69) is 11.9 Å². The molecule has 2 aromatic rings. The normalized spacial score (nSPS) is 10.5. The molecule has 0 fully saturated rings. The summed E-state index contributed by atoms with van der Waals surface area (Å²) in [7, 11) is 0. The Morgan fingerprint density at radius 3 is 2.35 bits per heavy atom. The van der Waals surface area contributed by atoms with Crippen LogP contribution in [0.1, 0.15) is 50.2 Å². The van der Waals surface area contributed by atoms with Crippen LogP contribution in [0, 0.1) is 27.7 Å². The van der Waals surface area contributed by atoms with E-state index in [1.54, 1.807) is 24.5 Å². The summed E-state index contributed by atoms with van der Waals surface area (Å²) in [5, 5.41) is 3.00. The number of rotatable bonds is 6. The van der Waals surface area contributed by atoms with Crippen molar-refractivity contribution in [2.24, 2.45) is 0 Å². The first-order valence-electron chi connectivity index (χ1n) is 8.68. The monoisotopic (exact) mass is 354 g/mol. The van der Waals surface area contributed by atoms with Crippen LogP contribution in [0.25, 0.3) is 0 Å². The summed E-state index contributed by atoms with van der Waals surface area (Å²) in [4.78, 5) is 25.4. The minimum Gasteiger partial charge on any atom is -0.461 e. The van der Waals surface area contributed by atoms with Crippen LogP contribution in [0.4, 0.5) is 5.69 Å². The number of hydrogen-bond donors (Lipinski definition) is 1. The average molecular weight is 354 g/mol. The van der Waals surface area contributed by atoms with E-state index in [0.29, 0.717) is 29.1 Å². The Morgan fingerprint density at radius 2 is 1.81 bits per heavy atom. The van der Waals surface area contributed by atoms with E-state index in [1.165, 1.54) is 0 Å². The van der Waals surface area contributed by atoms with Crippen molar-refractivity contribution in [1.82, 2.24) is 4.57 Å². The molecular weight excluding hydrogens is 328 g/mol. The van der Waals surface area contributed by atoms with Crippen molar-refractivity contribution in [1.29, 1.82) is 0 Å². The van der Waals surface area contributed by atoms with E-state index in [4.69, 9.17) is 4.74 Å². The van der Waals surface area contributed by atoms with Crippen LogP contribution in [-0.4, -0.2) is 23.1 Å². The minimum absolute atomic E-state index is 0.231. The molecule has 0 aliphatic rings. The van der Waals surface area contributed by atoms with E-state index >= 15 is 0 Å². The predicted octanol–water partition coefficient (Wildman–Crippen LogP) is 4.34. The largest absolute Gasteiger partial charge is 0.461 e. The number of ether oxygens (including phenoxy) is 1. The Labute approximate surface area is 154 Å². The summed E-state index contributed by atoms with van der Waals surface area (Å²) in [6.07, 6.45) is 1.70. The van der Waals surface area contributed by atoms with Gasteiger partial charge in [0.15, 0.2) is 0 Å². The second-order valence-corrected chi connectivity index (χ2v) is 6.27. The van der Waals surface area contributed by atoms with Crippen LogP contribution in [-0.2, 0) is 11.3 Å². The number of aromatic nitrogens is 1. The predicted molar refractivity (Wildman–Crippen MR) is 104 cm³/mol. The molecule has 0 radical (unpaired) electrons. The summed E-state index contributed by atoms with van der Waals surface area (Å²) < 4.78 is 6.95. The van der Waals surface area contributed by atoms with Crippen LogP contribution in [0.2, 0.25) is 0 Å². The maximum Gasteiger partial charge on any atom is 0.355 e. The highest BCUT2D eigenvalue weighted by Gasteiger charge is 2.27. The van der Waals surface area contributed by atoms with Crippen molar-refractivity contribution >= 4 is 17.6 Å². The highest BCUT2D eigenvalue weighted by molar-refractivity contribution is 6.09. The third-order valence-corrected chi connectivity index (χ3v) is 4.49. The van der Waals surface area contributed by atoms with Crippen molar-refractivity contribution in [2.45, 2.75) is 41.2 Å². The average Bonchev–Trinajstić information content (AvgIpc) is 2.82. The molecule has 0 saturated heterocycles. The van der Waals surface area contributed by atoms with Gasteiger partial charge in [0.1, 0.15) is 5.69 Å². The van der Waals surface area contributed by atoms with Gasteiger partial charge in [0, 0.05) is 17.9 Å². The maximum atomic E-state index is 13.0. The number of para-hydroxylation sites is 1. The number of anilines is 1. The highest BCUT2D eigenvalue weighted by Crippen LogP contribution is 2.26. The van der Waals surface area contributed by atoms with Crippen molar-refractivity contribution in [3.63, 3.8) is 0 Å². The van der Waals surface area contributed by atoms with Gasteiger partial charge in [-0.25, -0.2) is 4.79 Å². The van der Waals surface area contributed by atoms with Gasteiger partial charge in [-0.3, -0.25) is 4.79 Å². The molecule has 138 valence electrons. The molecule has 0 aliphatic carbocycles. The van der Waals surface area contributed by atoms with Crippen LogP contribution in [0.15, 0.2) is 30.9 Å². The van der Waals surface area contributed by atoms with Gasteiger partial charge < -0.3 is 14.6 Å². The zero-order valence-electron chi connectivity index (χ0n) is 16.1. The molecule has 1 heterocycles. The van der Waals surface area contributed by atoms with Gasteiger partial charge in [-0.1, -0.05) is 24.3 Å². The second-order valence-electron chi connectivity index (χ2n) is 6.27.